The SMILES string of the molecule is CC/C=C\C/C=C\C/C=C\C/C=C\C/C=C\CCCCOC(CC)C(=O)CC(C)C. The van der Waals surface area contributed by atoms with Crippen molar-refractivity contribution in [2.45, 2.75) is 98.0 Å². The van der Waals surface area contributed by atoms with Crippen molar-refractivity contribution < 1.29 is 9.53 Å². The second-order valence-corrected chi connectivity index (χ2v) is 8.04. The molecule has 0 aliphatic heterocycles. The number of carbonyl (C=O) groups excluding carboxylic acids is 1. The Hall–Kier alpha value is -1.67. The highest BCUT2D eigenvalue weighted by atomic mass is 16.5. The number of ether oxygens (including phenoxy) is 1. The van der Waals surface area contributed by atoms with E-state index in [4.69, 9.17) is 4.74 Å². The van der Waals surface area contributed by atoms with Gasteiger partial charge in [-0.05, 0) is 63.7 Å². The lowest BCUT2D eigenvalue weighted by molar-refractivity contribution is -0.131. The summed E-state index contributed by atoms with van der Waals surface area (Å²) in [6.45, 7) is 9.03. The Bertz CT molecular complexity index is 535. The van der Waals surface area contributed by atoms with E-state index in [-0.39, 0.29) is 11.9 Å². The van der Waals surface area contributed by atoms with Crippen molar-refractivity contribution in [1.29, 1.82) is 0 Å². The highest BCUT2D eigenvalue weighted by Gasteiger charge is 2.17. The van der Waals surface area contributed by atoms with Crippen molar-refractivity contribution >= 4 is 5.78 Å². The maximum absolute atomic E-state index is 12.1. The Kier molecular flexibility index (Phi) is 20.8. The standard InChI is InChI=1S/C28H46O2/c1-5-7-8-9-10-11-12-13-14-15-16-17-18-19-20-21-22-23-24-30-28(6-2)27(29)25-26(3)4/h7-8,10-11,13-14,16-17,19-20,26,28H,5-6,9,12,15,18,21-25H2,1-4H3/b8-7-,11-10-,14-13-,17-16-,20-19-. The molecule has 0 heterocycles. The van der Waals surface area contributed by atoms with E-state index in [1.807, 2.05) is 6.92 Å². The minimum atomic E-state index is -0.207. The average Bonchev–Trinajstić information content (AvgIpc) is 2.72. The fourth-order valence-electron chi connectivity index (χ4n) is 2.93. The van der Waals surface area contributed by atoms with Gasteiger partial charge in [0.1, 0.15) is 6.10 Å². The van der Waals surface area contributed by atoms with Crippen LogP contribution < -0.4 is 0 Å². The van der Waals surface area contributed by atoms with Crippen LogP contribution in [0, 0.1) is 5.92 Å². The van der Waals surface area contributed by atoms with Crippen LogP contribution in [-0.2, 0) is 9.53 Å². The number of unbranched alkanes of at least 4 members (excludes halogenated alkanes) is 2. The highest BCUT2D eigenvalue weighted by Crippen LogP contribution is 2.10. The number of hydrogen-bond acceptors (Lipinski definition) is 2. The molecule has 0 spiro atoms. The first kappa shape index (κ1) is 28.3. The average molecular weight is 415 g/mol. The highest BCUT2D eigenvalue weighted by molar-refractivity contribution is 5.83. The van der Waals surface area contributed by atoms with Gasteiger partial charge in [-0.3, -0.25) is 4.79 Å². The Morgan fingerprint density at radius 1 is 0.733 bits per heavy atom. The van der Waals surface area contributed by atoms with E-state index < -0.39 is 0 Å². The van der Waals surface area contributed by atoms with E-state index in [0.29, 0.717) is 18.9 Å². The summed E-state index contributed by atoms with van der Waals surface area (Å²) in [5.74, 6) is 0.663. The number of hydrogen-bond donors (Lipinski definition) is 0. The van der Waals surface area contributed by atoms with Crippen molar-refractivity contribution in [3.63, 3.8) is 0 Å². The number of Topliss-reactive ketones (excluding diaryl/α,β-unsaturated/α-hetero) is 1. The summed E-state index contributed by atoms with van der Waals surface area (Å²) in [6.07, 6.45) is 31.8. The molecule has 1 unspecified atom stereocenters. The molecule has 0 aromatic heterocycles. The first-order chi connectivity index (χ1) is 14.6. The Morgan fingerprint density at radius 2 is 1.23 bits per heavy atom. The van der Waals surface area contributed by atoms with Gasteiger partial charge in [-0.25, -0.2) is 0 Å². The van der Waals surface area contributed by atoms with Gasteiger partial charge in [-0.1, -0.05) is 88.5 Å². The molecular formula is C28H46O2. The van der Waals surface area contributed by atoms with Crippen LogP contribution in [-0.4, -0.2) is 18.5 Å². The molecule has 2 heteroatoms. The van der Waals surface area contributed by atoms with Gasteiger partial charge in [0, 0.05) is 13.0 Å². The quantitative estimate of drug-likeness (QED) is 0.157. The predicted octanol–water partition coefficient (Wildman–Crippen LogP) is 8.32. The zero-order valence-corrected chi connectivity index (χ0v) is 20.0. The third kappa shape index (κ3) is 19.6. The Labute approximate surface area is 186 Å². The van der Waals surface area contributed by atoms with E-state index in [1.165, 1.54) is 0 Å². The van der Waals surface area contributed by atoms with Gasteiger partial charge >= 0.3 is 0 Å². The minimum Gasteiger partial charge on any atom is -0.370 e. The summed E-state index contributed by atoms with van der Waals surface area (Å²) in [7, 11) is 0. The van der Waals surface area contributed by atoms with E-state index in [2.05, 4.69) is 81.5 Å². The number of rotatable bonds is 19. The lowest BCUT2D eigenvalue weighted by Crippen LogP contribution is -2.25. The van der Waals surface area contributed by atoms with Gasteiger partial charge in [0.05, 0.1) is 0 Å². The molecule has 0 saturated carbocycles. The maximum Gasteiger partial charge on any atom is 0.161 e. The van der Waals surface area contributed by atoms with E-state index in [9.17, 15) is 4.79 Å². The second kappa shape index (κ2) is 22.0. The molecule has 2 nitrogen and oxygen atoms in total. The van der Waals surface area contributed by atoms with Gasteiger partial charge in [0.15, 0.2) is 5.78 Å². The third-order valence-electron chi connectivity index (χ3n) is 4.58. The largest absolute Gasteiger partial charge is 0.370 e. The molecule has 0 aliphatic rings. The molecule has 0 aromatic carbocycles. The summed E-state index contributed by atoms with van der Waals surface area (Å²) in [5.41, 5.74) is 0. The van der Waals surface area contributed by atoms with Gasteiger partial charge in [-0.2, -0.15) is 0 Å². The van der Waals surface area contributed by atoms with Gasteiger partial charge in [0.2, 0.25) is 0 Å². The number of carbonyl (C=O) groups is 1. The molecule has 0 N–H and O–H groups in total. The predicted molar refractivity (Wildman–Crippen MR) is 133 cm³/mol. The van der Waals surface area contributed by atoms with Gasteiger partial charge in [0.25, 0.3) is 0 Å². The number of allylic oxidation sites excluding steroid dienone is 10. The summed E-state index contributed by atoms with van der Waals surface area (Å²) in [4.78, 5) is 12.1. The molecule has 0 rings (SSSR count). The topological polar surface area (TPSA) is 26.3 Å². The maximum atomic E-state index is 12.1. The van der Waals surface area contributed by atoms with Gasteiger partial charge in [-0.15, -0.1) is 0 Å². The van der Waals surface area contributed by atoms with E-state index >= 15 is 0 Å². The molecule has 0 bridgehead atoms. The molecule has 30 heavy (non-hydrogen) atoms. The van der Waals surface area contributed by atoms with Crippen molar-refractivity contribution in [2.24, 2.45) is 5.92 Å². The van der Waals surface area contributed by atoms with Crippen LogP contribution in [0.2, 0.25) is 0 Å². The van der Waals surface area contributed by atoms with Crippen LogP contribution in [0.25, 0.3) is 0 Å². The minimum absolute atomic E-state index is 0.207. The summed E-state index contributed by atoms with van der Waals surface area (Å²) >= 11 is 0. The van der Waals surface area contributed by atoms with Crippen LogP contribution in [0.15, 0.2) is 60.8 Å². The molecule has 1 atom stereocenters. The molecule has 170 valence electrons. The van der Waals surface area contributed by atoms with Crippen molar-refractivity contribution in [1.82, 2.24) is 0 Å². The van der Waals surface area contributed by atoms with Crippen LogP contribution >= 0.6 is 0 Å². The fourth-order valence-corrected chi connectivity index (χ4v) is 2.93. The molecule has 0 fully saturated rings. The zero-order chi connectivity index (χ0) is 22.3. The lowest BCUT2D eigenvalue weighted by Gasteiger charge is -2.16. The van der Waals surface area contributed by atoms with Gasteiger partial charge < -0.3 is 4.74 Å². The lowest BCUT2D eigenvalue weighted by atomic mass is 10.0. The molecule has 0 aromatic rings. The van der Waals surface area contributed by atoms with Crippen molar-refractivity contribution in [3.05, 3.63) is 60.8 Å². The molecular weight excluding hydrogens is 368 g/mol. The smallest absolute Gasteiger partial charge is 0.161 e. The van der Waals surface area contributed by atoms with Crippen LogP contribution in [0.4, 0.5) is 0 Å². The van der Waals surface area contributed by atoms with E-state index in [1.54, 1.807) is 0 Å². The second-order valence-electron chi connectivity index (χ2n) is 8.04. The number of ketones is 1. The molecule has 0 amide bonds. The fraction of sp³-hybridized carbons (Fsp3) is 0.607. The molecule has 0 radical (unpaired) electrons. The molecule has 0 aliphatic carbocycles. The zero-order valence-electron chi connectivity index (χ0n) is 20.0. The summed E-state index contributed by atoms with van der Waals surface area (Å²) in [5, 5.41) is 0. The summed E-state index contributed by atoms with van der Waals surface area (Å²) < 4.78 is 5.78. The van der Waals surface area contributed by atoms with Crippen molar-refractivity contribution in [2.75, 3.05) is 6.61 Å². The third-order valence-corrected chi connectivity index (χ3v) is 4.58. The van der Waals surface area contributed by atoms with E-state index in [0.717, 1.165) is 57.8 Å². The molecule has 0 saturated heterocycles. The Balaban J connectivity index is 3.63. The van der Waals surface area contributed by atoms with Crippen LogP contribution in [0.1, 0.15) is 91.9 Å². The first-order valence-corrected chi connectivity index (χ1v) is 12.0. The van der Waals surface area contributed by atoms with Crippen LogP contribution in [0.5, 0.6) is 0 Å². The first-order valence-electron chi connectivity index (χ1n) is 12.0. The monoisotopic (exact) mass is 414 g/mol. The summed E-state index contributed by atoms with van der Waals surface area (Å²) in [6, 6.07) is 0. The Morgan fingerprint density at radius 3 is 1.70 bits per heavy atom. The van der Waals surface area contributed by atoms with Crippen molar-refractivity contribution in [3.8, 4) is 0 Å². The van der Waals surface area contributed by atoms with Crippen LogP contribution in [0.3, 0.4) is 0 Å². The normalized spacial score (nSPS) is 13.9.